The fraction of sp³-hybridized carbons (Fsp3) is 0.444. The van der Waals surface area contributed by atoms with E-state index >= 15 is 0 Å². The first-order valence-electron chi connectivity index (χ1n) is 7.54. The predicted molar refractivity (Wildman–Crippen MR) is 86.1 cm³/mol. The molecule has 0 saturated heterocycles. The van der Waals surface area contributed by atoms with E-state index in [1.807, 2.05) is 6.07 Å². The molecule has 0 aromatic heterocycles. The Bertz CT molecular complexity index is 538. The summed E-state index contributed by atoms with van der Waals surface area (Å²) >= 11 is 0. The highest BCUT2D eigenvalue weighted by atomic mass is 16.5. The van der Waals surface area contributed by atoms with Crippen LogP contribution in [0.3, 0.4) is 0 Å². The molecule has 2 rings (SSSR count). The summed E-state index contributed by atoms with van der Waals surface area (Å²) in [5, 5.41) is 2.47. The van der Waals surface area contributed by atoms with Gasteiger partial charge in [-0.05, 0) is 54.1 Å². The van der Waals surface area contributed by atoms with E-state index in [0.717, 1.165) is 38.2 Å². The number of hydrogen-bond donors (Lipinski definition) is 1. The van der Waals surface area contributed by atoms with Gasteiger partial charge in [0.1, 0.15) is 5.75 Å². The Balaban J connectivity index is 1.99. The zero-order valence-electron chi connectivity index (χ0n) is 12.6. The van der Waals surface area contributed by atoms with Crippen molar-refractivity contribution < 1.29 is 4.74 Å². The van der Waals surface area contributed by atoms with Gasteiger partial charge in [-0.2, -0.15) is 0 Å². The predicted octanol–water partition coefficient (Wildman–Crippen LogP) is 4.37. The van der Waals surface area contributed by atoms with E-state index in [9.17, 15) is 0 Å². The van der Waals surface area contributed by atoms with Gasteiger partial charge in [-0.1, -0.05) is 44.2 Å². The summed E-state index contributed by atoms with van der Waals surface area (Å²) < 4.78 is 5.92. The maximum Gasteiger partial charge on any atom is 0.119 e. The smallest absolute Gasteiger partial charge is 0.119 e. The number of ether oxygens (including phenoxy) is 1. The molecule has 2 heteroatoms. The van der Waals surface area contributed by atoms with Crippen molar-refractivity contribution in [2.24, 2.45) is 11.1 Å². The Hall–Kier alpha value is -1.54. The molecule has 2 N–H and O–H groups in total. The van der Waals surface area contributed by atoms with Gasteiger partial charge in [0.25, 0.3) is 0 Å². The first kappa shape index (κ1) is 14.9. The van der Waals surface area contributed by atoms with E-state index < -0.39 is 0 Å². The quantitative estimate of drug-likeness (QED) is 0.811. The van der Waals surface area contributed by atoms with Crippen LogP contribution < -0.4 is 10.5 Å². The molecule has 0 aliphatic rings. The van der Waals surface area contributed by atoms with Crippen LogP contribution in [-0.4, -0.2) is 13.2 Å². The summed E-state index contributed by atoms with van der Waals surface area (Å²) in [7, 11) is 0. The van der Waals surface area contributed by atoms with Crippen LogP contribution >= 0.6 is 0 Å². The third-order valence-electron chi connectivity index (χ3n) is 4.56. The van der Waals surface area contributed by atoms with Crippen molar-refractivity contribution in [2.75, 3.05) is 13.2 Å². The highest BCUT2D eigenvalue weighted by Gasteiger charge is 2.23. The number of fused-ring (bicyclic) bond motifs is 1. The number of rotatable bonds is 7. The van der Waals surface area contributed by atoms with Gasteiger partial charge in [0.15, 0.2) is 0 Å². The average molecular weight is 271 g/mol. The lowest BCUT2D eigenvalue weighted by Crippen LogP contribution is -2.31. The van der Waals surface area contributed by atoms with Crippen LogP contribution in [0.5, 0.6) is 5.75 Å². The van der Waals surface area contributed by atoms with E-state index in [1.165, 1.54) is 10.8 Å². The van der Waals surface area contributed by atoms with Crippen LogP contribution in [0.25, 0.3) is 10.8 Å². The van der Waals surface area contributed by atoms with Crippen molar-refractivity contribution in [1.29, 1.82) is 0 Å². The molecule has 2 aromatic rings. The maximum absolute atomic E-state index is 5.93. The summed E-state index contributed by atoms with van der Waals surface area (Å²) in [5.74, 6) is 0.946. The molecule has 0 spiro atoms. The van der Waals surface area contributed by atoms with Gasteiger partial charge in [0, 0.05) is 0 Å². The highest BCUT2D eigenvalue weighted by molar-refractivity contribution is 5.83. The molecular weight excluding hydrogens is 246 g/mol. The van der Waals surface area contributed by atoms with Crippen LogP contribution in [0.2, 0.25) is 0 Å². The van der Waals surface area contributed by atoms with Crippen LogP contribution in [0.15, 0.2) is 42.5 Å². The Kier molecular flexibility index (Phi) is 5.02. The van der Waals surface area contributed by atoms with Crippen LogP contribution in [0, 0.1) is 5.41 Å². The molecule has 0 heterocycles. The summed E-state index contributed by atoms with van der Waals surface area (Å²) in [6.07, 6.45) is 3.24. The van der Waals surface area contributed by atoms with Crippen molar-refractivity contribution in [1.82, 2.24) is 0 Å². The van der Waals surface area contributed by atoms with Crippen LogP contribution in [0.4, 0.5) is 0 Å². The second-order valence-electron chi connectivity index (χ2n) is 5.52. The zero-order chi connectivity index (χ0) is 14.4. The molecule has 0 aliphatic heterocycles. The normalized spacial score (nSPS) is 11.8. The fourth-order valence-electron chi connectivity index (χ4n) is 2.64. The van der Waals surface area contributed by atoms with E-state index in [2.05, 4.69) is 50.2 Å². The highest BCUT2D eigenvalue weighted by Crippen LogP contribution is 2.29. The molecule has 2 aromatic carbocycles. The van der Waals surface area contributed by atoms with Crippen LogP contribution in [0.1, 0.15) is 33.1 Å². The second kappa shape index (κ2) is 6.76. The standard InChI is InChI=1S/C18H25NO/c1-3-18(4-2,14-19)11-12-20-17-10-9-15-7-5-6-8-16(15)13-17/h5-10,13H,3-4,11-12,14,19H2,1-2H3. The summed E-state index contributed by atoms with van der Waals surface area (Å²) in [4.78, 5) is 0. The van der Waals surface area contributed by atoms with Gasteiger partial charge >= 0.3 is 0 Å². The molecule has 0 atom stereocenters. The van der Waals surface area contributed by atoms with Gasteiger partial charge < -0.3 is 10.5 Å². The largest absolute Gasteiger partial charge is 0.494 e. The Morgan fingerprint density at radius 2 is 1.70 bits per heavy atom. The molecule has 0 radical (unpaired) electrons. The first-order valence-corrected chi connectivity index (χ1v) is 7.54. The van der Waals surface area contributed by atoms with Gasteiger partial charge in [-0.3, -0.25) is 0 Å². The molecule has 0 amide bonds. The van der Waals surface area contributed by atoms with Gasteiger partial charge in [0.05, 0.1) is 6.61 Å². The second-order valence-corrected chi connectivity index (χ2v) is 5.52. The number of nitrogens with two attached hydrogens (primary N) is 1. The minimum absolute atomic E-state index is 0.233. The third kappa shape index (κ3) is 3.31. The van der Waals surface area contributed by atoms with Crippen LogP contribution in [-0.2, 0) is 0 Å². The Morgan fingerprint density at radius 1 is 1.00 bits per heavy atom. The monoisotopic (exact) mass is 271 g/mol. The summed E-state index contributed by atoms with van der Waals surface area (Å²) in [6.45, 7) is 5.90. The Morgan fingerprint density at radius 3 is 2.35 bits per heavy atom. The molecule has 0 aliphatic carbocycles. The van der Waals surface area contributed by atoms with Gasteiger partial charge in [-0.25, -0.2) is 0 Å². The summed E-state index contributed by atoms with van der Waals surface area (Å²) in [6, 6.07) is 14.6. The van der Waals surface area contributed by atoms with E-state index in [4.69, 9.17) is 10.5 Å². The molecule has 0 saturated carbocycles. The molecule has 0 unspecified atom stereocenters. The maximum atomic E-state index is 5.93. The molecule has 2 nitrogen and oxygen atoms in total. The lowest BCUT2D eigenvalue weighted by Gasteiger charge is -2.29. The van der Waals surface area contributed by atoms with E-state index in [-0.39, 0.29) is 5.41 Å². The van der Waals surface area contributed by atoms with Crippen molar-refractivity contribution in [3.63, 3.8) is 0 Å². The zero-order valence-corrected chi connectivity index (χ0v) is 12.6. The van der Waals surface area contributed by atoms with Crippen molar-refractivity contribution in [3.8, 4) is 5.75 Å². The van der Waals surface area contributed by atoms with E-state index in [1.54, 1.807) is 0 Å². The van der Waals surface area contributed by atoms with Crippen molar-refractivity contribution in [3.05, 3.63) is 42.5 Å². The molecular formula is C18H25NO. The van der Waals surface area contributed by atoms with Crippen molar-refractivity contribution >= 4 is 10.8 Å². The molecule has 0 fully saturated rings. The first-order chi connectivity index (χ1) is 9.73. The third-order valence-corrected chi connectivity index (χ3v) is 4.56. The van der Waals surface area contributed by atoms with Gasteiger partial charge in [0.2, 0.25) is 0 Å². The fourth-order valence-corrected chi connectivity index (χ4v) is 2.64. The average Bonchev–Trinajstić information content (AvgIpc) is 2.52. The Labute approximate surface area is 121 Å². The lowest BCUT2D eigenvalue weighted by atomic mass is 9.80. The van der Waals surface area contributed by atoms with Crippen molar-refractivity contribution in [2.45, 2.75) is 33.1 Å². The summed E-state index contributed by atoms with van der Waals surface area (Å²) in [5.41, 5.74) is 6.16. The van der Waals surface area contributed by atoms with E-state index in [0.29, 0.717) is 0 Å². The topological polar surface area (TPSA) is 35.2 Å². The SMILES string of the molecule is CCC(CC)(CN)CCOc1ccc2ccccc2c1. The minimum Gasteiger partial charge on any atom is -0.494 e. The van der Waals surface area contributed by atoms with Gasteiger partial charge in [-0.15, -0.1) is 0 Å². The minimum atomic E-state index is 0.233. The lowest BCUT2D eigenvalue weighted by molar-refractivity contribution is 0.187. The molecule has 108 valence electrons. The molecule has 0 bridgehead atoms. The number of benzene rings is 2. The molecule has 20 heavy (non-hydrogen) atoms. The number of hydrogen-bond acceptors (Lipinski definition) is 2.